The summed E-state index contributed by atoms with van der Waals surface area (Å²) in [5.74, 6) is -0.746. The molecule has 0 bridgehead atoms. The Bertz CT molecular complexity index is 956. The molecule has 0 saturated heterocycles. The van der Waals surface area contributed by atoms with Gasteiger partial charge in [0.05, 0.1) is 34.5 Å². The quantitative estimate of drug-likeness (QED) is 0.795. The Morgan fingerprint density at radius 3 is 2.07 bits per heavy atom. The van der Waals surface area contributed by atoms with Crippen LogP contribution in [0.1, 0.15) is 33.4 Å². The molecule has 1 N–H and O–H groups in total. The molecule has 8 heteroatoms. The van der Waals surface area contributed by atoms with Crippen LogP contribution in [0.15, 0.2) is 30.3 Å². The Hall–Kier alpha value is -3.42. The number of benzene rings is 2. The van der Waals surface area contributed by atoms with Crippen molar-refractivity contribution in [2.75, 3.05) is 35.5 Å². The number of aliphatic carboxylic acids is 1. The van der Waals surface area contributed by atoms with Gasteiger partial charge in [0, 0.05) is 18.2 Å². The van der Waals surface area contributed by atoms with E-state index in [-0.39, 0.29) is 11.5 Å². The van der Waals surface area contributed by atoms with Gasteiger partial charge < -0.3 is 29.0 Å². The van der Waals surface area contributed by atoms with E-state index in [1.54, 1.807) is 31.3 Å². The third-order valence-electron chi connectivity index (χ3n) is 5.20. The summed E-state index contributed by atoms with van der Waals surface area (Å²) in [6, 6.07) is 7.35. The summed E-state index contributed by atoms with van der Waals surface area (Å²) < 4.78 is 21.4. The molecule has 0 aromatic heterocycles. The number of methoxy groups -OCH3 is 4. The molecule has 2 aromatic rings. The van der Waals surface area contributed by atoms with Crippen LogP contribution < -0.4 is 18.9 Å². The first kappa shape index (κ1) is 20.3. The van der Waals surface area contributed by atoms with Gasteiger partial charge in [-0.05, 0) is 35.9 Å². The summed E-state index contributed by atoms with van der Waals surface area (Å²) >= 11 is 0. The number of carbonyl (C=O) groups excluding carboxylic acids is 1. The highest BCUT2D eigenvalue weighted by molar-refractivity contribution is 6.01. The number of amides is 1. The van der Waals surface area contributed by atoms with Crippen molar-refractivity contribution in [3.05, 3.63) is 47.0 Å². The third-order valence-corrected chi connectivity index (χ3v) is 5.20. The molecule has 1 aliphatic heterocycles. The lowest BCUT2D eigenvalue weighted by molar-refractivity contribution is -0.140. The maximum Gasteiger partial charge on any atom is 0.313 e. The topological polar surface area (TPSA) is 94.5 Å². The molecule has 8 nitrogen and oxygen atoms in total. The van der Waals surface area contributed by atoms with Crippen LogP contribution in [0.3, 0.4) is 0 Å². The van der Waals surface area contributed by atoms with Gasteiger partial charge in [-0.25, -0.2) is 0 Å². The van der Waals surface area contributed by atoms with Gasteiger partial charge >= 0.3 is 5.97 Å². The summed E-state index contributed by atoms with van der Waals surface area (Å²) in [5, 5.41) is 10.1. The van der Waals surface area contributed by atoms with E-state index in [2.05, 4.69) is 0 Å². The van der Waals surface area contributed by atoms with E-state index >= 15 is 0 Å². The molecule has 0 saturated carbocycles. The first-order valence-electron chi connectivity index (χ1n) is 8.85. The molecule has 1 aliphatic rings. The Labute approximate surface area is 168 Å². The van der Waals surface area contributed by atoms with E-state index in [1.165, 1.54) is 39.4 Å². The zero-order chi connectivity index (χ0) is 21.3. The fourth-order valence-corrected chi connectivity index (χ4v) is 3.77. The molecule has 154 valence electrons. The van der Waals surface area contributed by atoms with Crippen LogP contribution in [0.25, 0.3) is 0 Å². The molecular weight excluding hydrogens is 378 g/mol. The lowest BCUT2D eigenvalue weighted by Crippen LogP contribution is -2.42. The zero-order valence-corrected chi connectivity index (χ0v) is 16.9. The summed E-state index contributed by atoms with van der Waals surface area (Å²) in [7, 11) is 7.50. The summed E-state index contributed by atoms with van der Waals surface area (Å²) in [4.78, 5) is 26.9. The molecule has 0 aliphatic carbocycles. The van der Waals surface area contributed by atoms with Crippen molar-refractivity contribution in [2.24, 2.45) is 0 Å². The number of hydrogen-bond donors (Lipinski definition) is 1. The van der Waals surface area contributed by atoms with Gasteiger partial charge in [0.25, 0.3) is 5.91 Å². The molecule has 29 heavy (non-hydrogen) atoms. The van der Waals surface area contributed by atoms with Crippen LogP contribution in [0.4, 0.5) is 0 Å². The van der Waals surface area contributed by atoms with E-state index in [9.17, 15) is 14.7 Å². The standard InChI is InChI=1S/C21H23NO7/c1-22-19(14-8-11(26-2)6-7-15(14)27-3)18(21(24)25)12-9-16(28-4)17(29-5)10-13(12)20(22)23/h6-10,18-19H,1-5H3,(H,24,25)/t18-,19-/m1/s1. The number of carbonyl (C=O) groups is 2. The molecule has 0 radical (unpaired) electrons. The normalized spacial score (nSPS) is 18.1. The van der Waals surface area contributed by atoms with Gasteiger partial charge in [-0.3, -0.25) is 9.59 Å². The maximum atomic E-state index is 13.2. The van der Waals surface area contributed by atoms with E-state index in [4.69, 9.17) is 18.9 Å². The average molecular weight is 401 g/mol. The van der Waals surface area contributed by atoms with Crippen molar-refractivity contribution in [1.82, 2.24) is 4.90 Å². The minimum atomic E-state index is -1.08. The predicted molar refractivity (Wildman–Crippen MR) is 104 cm³/mol. The number of carboxylic acid groups (broad SMARTS) is 1. The Kier molecular flexibility index (Phi) is 5.54. The van der Waals surface area contributed by atoms with Crippen molar-refractivity contribution in [1.29, 1.82) is 0 Å². The average Bonchev–Trinajstić information content (AvgIpc) is 2.74. The number of likely N-dealkylation sites (N-methyl/N-ethyl adjacent to an activating group) is 1. The van der Waals surface area contributed by atoms with Gasteiger partial charge in [0.1, 0.15) is 17.4 Å². The summed E-state index contributed by atoms with van der Waals surface area (Å²) in [6.07, 6.45) is 0. The Balaban J connectivity index is 2.28. The number of rotatable bonds is 6. The molecule has 0 fully saturated rings. The van der Waals surface area contributed by atoms with Crippen molar-refractivity contribution in [3.8, 4) is 23.0 Å². The van der Waals surface area contributed by atoms with Crippen LogP contribution in [0.5, 0.6) is 23.0 Å². The van der Waals surface area contributed by atoms with Gasteiger partial charge in [-0.1, -0.05) is 0 Å². The molecule has 3 rings (SSSR count). The Morgan fingerprint density at radius 1 is 0.897 bits per heavy atom. The highest BCUT2D eigenvalue weighted by atomic mass is 16.5. The van der Waals surface area contributed by atoms with Crippen molar-refractivity contribution in [3.63, 3.8) is 0 Å². The second-order valence-corrected chi connectivity index (χ2v) is 6.58. The Morgan fingerprint density at radius 2 is 1.52 bits per heavy atom. The molecule has 1 heterocycles. The van der Waals surface area contributed by atoms with Crippen LogP contribution in [0.2, 0.25) is 0 Å². The fraction of sp³-hybridized carbons (Fsp3) is 0.333. The molecule has 1 amide bonds. The molecular formula is C21H23NO7. The molecule has 0 unspecified atom stereocenters. The van der Waals surface area contributed by atoms with Crippen molar-refractivity contribution < 1.29 is 33.6 Å². The first-order valence-corrected chi connectivity index (χ1v) is 8.85. The number of carboxylic acids is 1. The van der Waals surface area contributed by atoms with Gasteiger partial charge in [-0.2, -0.15) is 0 Å². The molecule has 0 spiro atoms. The van der Waals surface area contributed by atoms with Gasteiger partial charge in [-0.15, -0.1) is 0 Å². The van der Waals surface area contributed by atoms with Crippen LogP contribution in [0, 0.1) is 0 Å². The van der Waals surface area contributed by atoms with Crippen LogP contribution in [-0.4, -0.2) is 57.4 Å². The van der Waals surface area contributed by atoms with Crippen LogP contribution >= 0.6 is 0 Å². The van der Waals surface area contributed by atoms with E-state index in [0.29, 0.717) is 34.1 Å². The SMILES string of the molecule is COc1ccc(OC)c([C@@H]2[C@H](C(=O)O)c3cc(OC)c(OC)cc3C(=O)N2C)c1. The van der Waals surface area contributed by atoms with E-state index < -0.39 is 17.9 Å². The third kappa shape index (κ3) is 3.30. The maximum absolute atomic E-state index is 13.2. The highest BCUT2D eigenvalue weighted by Crippen LogP contribution is 2.48. The minimum absolute atomic E-state index is 0.260. The predicted octanol–water partition coefficient (Wildman–Crippen LogP) is 2.72. The summed E-state index contributed by atoms with van der Waals surface area (Å²) in [6.45, 7) is 0. The lowest BCUT2D eigenvalue weighted by atomic mass is 9.79. The van der Waals surface area contributed by atoms with E-state index in [1.807, 2.05) is 0 Å². The van der Waals surface area contributed by atoms with Crippen molar-refractivity contribution in [2.45, 2.75) is 12.0 Å². The monoisotopic (exact) mass is 401 g/mol. The highest BCUT2D eigenvalue weighted by Gasteiger charge is 2.44. The lowest BCUT2D eigenvalue weighted by Gasteiger charge is -2.39. The zero-order valence-electron chi connectivity index (χ0n) is 16.9. The smallest absolute Gasteiger partial charge is 0.313 e. The van der Waals surface area contributed by atoms with Gasteiger partial charge in [0.15, 0.2) is 11.5 Å². The van der Waals surface area contributed by atoms with Crippen molar-refractivity contribution >= 4 is 11.9 Å². The minimum Gasteiger partial charge on any atom is -0.497 e. The fourth-order valence-electron chi connectivity index (χ4n) is 3.77. The second kappa shape index (κ2) is 7.90. The van der Waals surface area contributed by atoms with Crippen LogP contribution in [-0.2, 0) is 4.79 Å². The number of ether oxygens (including phenoxy) is 4. The molecule has 2 atom stereocenters. The summed E-state index contributed by atoms with van der Waals surface area (Å²) in [5.41, 5.74) is 1.15. The van der Waals surface area contributed by atoms with Gasteiger partial charge in [0.2, 0.25) is 0 Å². The number of fused-ring (bicyclic) bond motifs is 1. The largest absolute Gasteiger partial charge is 0.497 e. The number of hydrogen-bond acceptors (Lipinski definition) is 6. The van der Waals surface area contributed by atoms with E-state index in [0.717, 1.165) is 0 Å². The second-order valence-electron chi connectivity index (χ2n) is 6.58. The number of nitrogens with zero attached hydrogens (tertiary/aromatic N) is 1. The molecule has 2 aromatic carbocycles. The first-order chi connectivity index (χ1) is 13.9.